The van der Waals surface area contributed by atoms with Crippen LogP contribution in [0.3, 0.4) is 0 Å². The number of urea groups is 1. The molecular formula is C8H15N3O8. The first-order valence-electron chi connectivity index (χ1n) is 5.20. The highest BCUT2D eigenvalue weighted by Gasteiger charge is 2.55. The highest BCUT2D eigenvalue weighted by atomic mass is 16.6. The number of hydrogen-bond acceptors (Lipinski definition) is 9. The smallest absolute Gasteiger partial charge is 0.342 e. The molecule has 1 saturated heterocycles. The van der Waals surface area contributed by atoms with Crippen LogP contribution in [0.15, 0.2) is 5.29 Å². The third kappa shape index (κ3) is 2.80. The number of aliphatic hydroxyl groups excluding tert-OH is 4. The van der Waals surface area contributed by atoms with Gasteiger partial charge in [0.05, 0.1) is 11.9 Å². The fourth-order valence-corrected chi connectivity index (χ4v) is 1.54. The third-order valence-electron chi connectivity index (χ3n) is 2.74. The highest BCUT2D eigenvalue weighted by Crippen LogP contribution is 2.27. The first-order valence-corrected chi connectivity index (χ1v) is 5.20. The fourth-order valence-electron chi connectivity index (χ4n) is 1.54. The van der Waals surface area contributed by atoms with E-state index in [1.807, 2.05) is 0 Å². The molecule has 1 rings (SSSR count). The third-order valence-corrected chi connectivity index (χ3v) is 2.74. The Hall–Kier alpha value is -1.37. The number of ether oxygens (including phenoxy) is 1. The standard InChI is InChI=1S/C8H15N3O8/c1-11(10-18)7(16)9-8(17)5(14)4(13)3(2-12)19-6(8)15/h3-6,12-15,17H,2H2,1H3,(H,9,16)/t3-,4-,5+,6?,8-/m1/s1. The number of nitrogens with one attached hydrogen (secondary N) is 1. The minimum Gasteiger partial charge on any atom is -0.394 e. The lowest BCUT2D eigenvalue weighted by atomic mass is 9.93. The summed E-state index contributed by atoms with van der Waals surface area (Å²) in [7, 11) is 0.959. The molecule has 0 spiro atoms. The van der Waals surface area contributed by atoms with Crippen molar-refractivity contribution in [1.82, 2.24) is 10.3 Å². The lowest BCUT2D eigenvalue weighted by Gasteiger charge is -2.45. The molecule has 1 aliphatic heterocycles. The number of nitrogens with zero attached hydrogens (tertiary/aromatic N) is 2. The first-order chi connectivity index (χ1) is 8.77. The van der Waals surface area contributed by atoms with Crippen LogP contribution in [-0.2, 0) is 4.74 Å². The van der Waals surface area contributed by atoms with E-state index >= 15 is 0 Å². The van der Waals surface area contributed by atoms with Gasteiger partial charge in [-0.15, -0.1) is 4.91 Å². The van der Waals surface area contributed by atoms with Crippen molar-refractivity contribution in [3.05, 3.63) is 4.91 Å². The number of hydrogen-bond donors (Lipinski definition) is 6. The van der Waals surface area contributed by atoms with Gasteiger partial charge in [-0.25, -0.2) is 4.79 Å². The van der Waals surface area contributed by atoms with E-state index in [0.717, 1.165) is 7.05 Å². The van der Waals surface area contributed by atoms with Crippen LogP contribution in [0.25, 0.3) is 0 Å². The second kappa shape index (κ2) is 5.73. The molecular weight excluding hydrogens is 266 g/mol. The van der Waals surface area contributed by atoms with Crippen molar-refractivity contribution in [1.29, 1.82) is 0 Å². The lowest BCUT2D eigenvalue weighted by molar-refractivity contribution is -0.335. The molecule has 0 aromatic carbocycles. The van der Waals surface area contributed by atoms with E-state index in [1.165, 1.54) is 0 Å². The summed E-state index contributed by atoms with van der Waals surface area (Å²) < 4.78 is 4.65. The molecule has 11 heteroatoms. The molecule has 0 bridgehead atoms. The summed E-state index contributed by atoms with van der Waals surface area (Å²) >= 11 is 0. The zero-order valence-electron chi connectivity index (χ0n) is 9.87. The summed E-state index contributed by atoms with van der Waals surface area (Å²) in [5.74, 6) is 0. The Bertz CT molecular complexity index is 355. The summed E-state index contributed by atoms with van der Waals surface area (Å²) in [6.45, 7) is -0.727. The molecule has 6 N–H and O–H groups in total. The highest BCUT2D eigenvalue weighted by molar-refractivity contribution is 5.74. The van der Waals surface area contributed by atoms with Crippen molar-refractivity contribution in [2.75, 3.05) is 13.7 Å². The average molecular weight is 281 g/mol. The van der Waals surface area contributed by atoms with Gasteiger partial charge in [-0.05, 0) is 0 Å². The zero-order chi connectivity index (χ0) is 14.8. The van der Waals surface area contributed by atoms with Crippen molar-refractivity contribution < 1.29 is 35.1 Å². The van der Waals surface area contributed by atoms with Crippen LogP contribution in [0.2, 0.25) is 0 Å². The molecule has 0 aliphatic carbocycles. The summed E-state index contributed by atoms with van der Waals surface area (Å²) in [5.41, 5.74) is -2.76. The van der Waals surface area contributed by atoms with Crippen LogP contribution < -0.4 is 5.32 Å². The Kier molecular flexibility index (Phi) is 4.73. The Morgan fingerprint density at radius 3 is 2.53 bits per heavy atom. The molecule has 1 heterocycles. The minimum absolute atomic E-state index is 0.252. The summed E-state index contributed by atoms with van der Waals surface area (Å²) in [6.07, 6.45) is -7.30. The second-order valence-electron chi connectivity index (χ2n) is 4.01. The van der Waals surface area contributed by atoms with E-state index in [1.54, 1.807) is 5.32 Å². The largest absolute Gasteiger partial charge is 0.394 e. The van der Waals surface area contributed by atoms with Crippen LogP contribution in [0.5, 0.6) is 0 Å². The number of nitroso groups, excluding NO2 is 1. The Morgan fingerprint density at radius 2 is 2.05 bits per heavy atom. The maximum atomic E-state index is 11.3. The van der Waals surface area contributed by atoms with Gasteiger partial charge in [0, 0.05) is 7.05 Å². The molecule has 5 atom stereocenters. The van der Waals surface area contributed by atoms with Gasteiger partial charge < -0.3 is 35.6 Å². The molecule has 0 aromatic rings. The predicted octanol–water partition coefficient (Wildman–Crippen LogP) is -3.57. The van der Waals surface area contributed by atoms with Gasteiger partial charge in [0.15, 0.2) is 0 Å². The topological polar surface area (TPSA) is 172 Å². The Labute approximate surface area is 107 Å². The van der Waals surface area contributed by atoms with E-state index in [9.17, 15) is 30.1 Å². The molecule has 1 unspecified atom stereocenters. The van der Waals surface area contributed by atoms with Gasteiger partial charge in [-0.1, -0.05) is 0 Å². The van der Waals surface area contributed by atoms with Crippen molar-refractivity contribution in [2.24, 2.45) is 5.29 Å². The zero-order valence-corrected chi connectivity index (χ0v) is 9.87. The number of carbonyl (C=O) groups is 1. The molecule has 1 fully saturated rings. The second-order valence-corrected chi connectivity index (χ2v) is 4.01. The maximum absolute atomic E-state index is 11.3. The van der Waals surface area contributed by atoms with Crippen LogP contribution in [0.4, 0.5) is 4.79 Å². The van der Waals surface area contributed by atoms with E-state index in [-0.39, 0.29) is 5.01 Å². The number of amides is 2. The van der Waals surface area contributed by atoms with E-state index in [4.69, 9.17) is 5.11 Å². The number of aliphatic hydroxyl groups is 5. The van der Waals surface area contributed by atoms with Crippen LogP contribution in [0.1, 0.15) is 0 Å². The quantitative estimate of drug-likeness (QED) is 0.175. The lowest BCUT2D eigenvalue weighted by Crippen LogP contribution is -2.73. The monoisotopic (exact) mass is 281 g/mol. The van der Waals surface area contributed by atoms with Crippen molar-refractivity contribution in [2.45, 2.75) is 30.3 Å². The molecule has 19 heavy (non-hydrogen) atoms. The normalized spacial score (nSPS) is 38.6. The van der Waals surface area contributed by atoms with E-state index in [2.05, 4.69) is 10.0 Å². The van der Waals surface area contributed by atoms with Gasteiger partial charge in [0.2, 0.25) is 12.0 Å². The van der Waals surface area contributed by atoms with Gasteiger partial charge in [-0.2, -0.15) is 5.01 Å². The van der Waals surface area contributed by atoms with E-state index < -0.39 is 43.0 Å². The molecule has 0 radical (unpaired) electrons. The number of rotatable bonds is 3. The van der Waals surface area contributed by atoms with Gasteiger partial charge in [0.1, 0.15) is 18.3 Å². The van der Waals surface area contributed by atoms with Crippen molar-refractivity contribution >= 4 is 6.03 Å². The fraction of sp³-hybridized carbons (Fsp3) is 0.875. The number of carbonyl (C=O) groups excluding carboxylic acids is 1. The van der Waals surface area contributed by atoms with Gasteiger partial charge in [0.25, 0.3) is 0 Å². The maximum Gasteiger partial charge on any atom is 0.342 e. The molecule has 1 aliphatic rings. The Balaban J connectivity index is 2.90. The van der Waals surface area contributed by atoms with Crippen LogP contribution >= 0.6 is 0 Å². The molecule has 0 saturated carbocycles. The summed E-state index contributed by atoms with van der Waals surface area (Å²) in [5, 5.41) is 51.7. The van der Waals surface area contributed by atoms with Gasteiger partial charge in [-0.3, -0.25) is 0 Å². The van der Waals surface area contributed by atoms with Gasteiger partial charge >= 0.3 is 6.03 Å². The van der Waals surface area contributed by atoms with Crippen molar-refractivity contribution in [3.8, 4) is 0 Å². The van der Waals surface area contributed by atoms with E-state index in [0.29, 0.717) is 0 Å². The Morgan fingerprint density at radius 1 is 1.47 bits per heavy atom. The van der Waals surface area contributed by atoms with Crippen LogP contribution in [-0.4, -0.2) is 80.6 Å². The van der Waals surface area contributed by atoms with Crippen molar-refractivity contribution in [3.63, 3.8) is 0 Å². The molecule has 2 amide bonds. The molecule has 110 valence electrons. The minimum atomic E-state index is -2.76. The summed E-state index contributed by atoms with van der Waals surface area (Å²) in [6, 6.07) is -1.24. The SMILES string of the molecule is CN(N=O)C(=O)N[C@]1(O)C(O)O[C@H](CO)[C@@H](O)[C@@H]1O. The average Bonchev–Trinajstić information content (AvgIpc) is 2.39. The molecule has 11 nitrogen and oxygen atoms in total. The summed E-state index contributed by atoms with van der Waals surface area (Å²) in [4.78, 5) is 21.5. The van der Waals surface area contributed by atoms with Crippen LogP contribution in [0, 0.1) is 4.91 Å². The molecule has 0 aromatic heterocycles. The first kappa shape index (κ1) is 15.7. The predicted molar refractivity (Wildman–Crippen MR) is 57.0 cm³/mol.